The maximum absolute atomic E-state index is 14.0. The fourth-order valence-corrected chi connectivity index (χ4v) is 3.71. The highest BCUT2D eigenvalue weighted by atomic mass is 19.1. The van der Waals surface area contributed by atoms with E-state index in [0.29, 0.717) is 24.2 Å². The van der Waals surface area contributed by atoms with Crippen LogP contribution in [-0.4, -0.2) is 52.9 Å². The molecular weight excluding hydrogens is 367 g/mol. The van der Waals surface area contributed by atoms with Crippen LogP contribution < -0.4 is 10.1 Å². The number of nitrogens with zero attached hydrogens (tertiary/aromatic N) is 3. The number of carbonyl (C=O) groups excluding carboxylic acids is 2. The maximum Gasteiger partial charge on any atom is 0.252 e. The summed E-state index contributed by atoms with van der Waals surface area (Å²) >= 11 is 0. The quantitative estimate of drug-likeness (QED) is 0.851. The number of carbonyl (C=O) groups is 2. The van der Waals surface area contributed by atoms with E-state index in [9.17, 15) is 14.0 Å². The van der Waals surface area contributed by atoms with Crippen LogP contribution in [0.5, 0.6) is 5.75 Å². The molecule has 1 fully saturated rings. The number of nitrogens with one attached hydrogen (secondary N) is 1. The predicted octanol–water partition coefficient (Wildman–Crippen LogP) is 1.10. The molecule has 1 unspecified atom stereocenters. The Hall–Kier alpha value is -2.94. The summed E-state index contributed by atoms with van der Waals surface area (Å²) < 4.78 is 26.6. The summed E-state index contributed by atoms with van der Waals surface area (Å²) in [5, 5.41) is 7.07. The molecule has 0 bridgehead atoms. The van der Waals surface area contributed by atoms with E-state index < -0.39 is 24.0 Å². The number of rotatable bonds is 3. The van der Waals surface area contributed by atoms with Crippen molar-refractivity contribution in [3.8, 4) is 5.75 Å². The third kappa shape index (κ3) is 3.22. The Morgan fingerprint density at radius 1 is 1.36 bits per heavy atom. The van der Waals surface area contributed by atoms with Crippen molar-refractivity contribution in [2.45, 2.75) is 24.6 Å². The zero-order chi connectivity index (χ0) is 19.8. The van der Waals surface area contributed by atoms with Crippen LogP contribution in [0.25, 0.3) is 0 Å². The second-order valence-electron chi connectivity index (χ2n) is 6.98. The normalized spacial score (nSPS) is 24.5. The lowest BCUT2D eigenvalue weighted by atomic mass is 9.97. The monoisotopic (exact) mass is 388 g/mol. The molecule has 1 aromatic carbocycles. The smallest absolute Gasteiger partial charge is 0.252 e. The molecule has 3 heterocycles. The van der Waals surface area contributed by atoms with Crippen molar-refractivity contribution in [3.63, 3.8) is 0 Å². The van der Waals surface area contributed by atoms with E-state index in [1.807, 2.05) is 0 Å². The van der Waals surface area contributed by atoms with Crippen molar-refractivity contribution in [3.05, 3.63) is 47.5 Å². The molecule has 3 atom stereocenters. The molecule has 1 aromatic heterocycles. The van der Waals surface area contributed by atoms with Gasteiger partial charge in [0.2, 0.25) is 5.91 Å². The van der Waals surface area contributed by atoms with Crippen LogP contribution in [0.3, 0.4) is 0 Å². The van der Waals surface area contributed by atoms with Crippen LogP contribution in [0.2, 0.25) is 0 Å². The first-order chi connectivity index (χ1) is 13.5. The number of benzene rings is 1. The maximum atomic E-state index is 14.0. The number of fused-ring (bicyclic) bond motifs is 1. The van der Waals surface area contributed by atoms with Crippen molar-refractivity contribution < 1.29 is 23.5 Å². The Kier molecular flexibility index (Phi) is 4.76. The van der Waals surface area contributed by atoms with Gasteiger partial charge in [0.1, 0.15) is 6.61 Å². The minimum atomic E-state index is -0.897. The van der Waals surface area contributed by atoms with Gasteiger partial charge in [-0.1, -0.05) is 12.1 Å². The van der Waals surface area contributed by atoms with Gasteiger partial charge in [-0.2, -0.15) is 5.10 Å². The average molecular weight is 388 g/mol. The van der Waals surface area contributed by atoms with Crippen LogP contribution in [-0.2, 0) is 21.4 Å². The van der Waals surface area contributed by atoms with E-state index in [1.165, 1.54) is 11.0 Å². The number of likely N-dealkylation sites (N-methyl/N-ethyl adjacent to an activating group) is 1. The Morgan fingerprint density at radius 3 is 2.93 bits per heavy atom. The lowest BCUT2D eigenvalue weighted by molar-refractivity contribution is -0.162. The molecule has 0 radical (unpaired) electrons. The molecule has 2 amide bonds. The summed E-state index contributed by atoms with van der Waals surface area (Å²) in [4.78, 5) is 26.7. The topological polar surface area (TPSA) is 85.7 Å². The van der Waals surface area contributed by atoms with Crippen molar-refractivity contribution in [1.82, 2.24) is 20.0 Å². The first kappa shape index (κ1) is 18.4. The van der Waals surface area contributed by atoms with E-state index in [4.69, 9.17) is 9.47 Å². The first-order valence-corrected chi connectivity index (χ1v) is 9.03. The number of amides is 2. The minimum Gasteiger partial charge on any atom is -0.490 e. The van der Waals surface area contributed by atoms with Gasteiger partial charge >= 0.3 is 0 Å². The summed E-state index contributed by atoms with van der Waals surface area (Å²) in [7, 11) is 3.40. The number of hydrogen-bond donors (Lipinski definition) is 1. The molecule has 0 aliphatic carbocycles. The van der Waals surface area contributed by atoms with E-state index in [0.717, 1.165) is 0 Å². The number of aromatic nitrogens is 2. The number of hydrogen-bond acceptors (Lipinski definition) is 5. The van der Waals surface area contributed by atoms with Gasteiger partial charge in [0.05, 0.1) is 24.9 Å². The summed E-state index contributed by atoms with van der Waals surface area (Å²) in [6.45, 7) is 0.124. The van der Waals surface area contributed by atoms with Crippen molar-refractivity contribution in [2.75, 3.05) is 20.3 Å². The highest BCUT2D eigenvalue weighted by molar-refractivity contribution is 5.86. The van der Waals surface area contributed by atoms with Crippen LogP contribution in [0.1, 0.15) is 29.6 Å². The van der Waals surface area contributed by atoms with Gasteiger partial charge in [-0.15, -0.1) is 0 Å². The van der Waals surface area contributed by atoms with Gasteiger partial charge in [0, 0.05) is 37.8 Å². The van der Waals surface area contributed by atoms with Gasteiger partial charge in [-0.3, -0.25) is 14.3 Å². The van der Waals surface area contributed by atoms with E-state index in [-0.39, 0.29) is 24.2 Å². The molecular formula is C19H21FN4O4. The molecule has 2 aliphatic heterocycles. The minimum absolute atomic E-state index is 0.166. The number of morpholine rings is 1. The molecule has 1 saturated heterocycles. The van der Waals surface area contributed by atoms with Crippen LogP contribution in [0, 0.1) is 5.82 Å². The highest BCUT2D eigenvalue weighted by Gasteiger charge is 2.41. The number of para-hydroxylation sites is 1. The summed E-state index contributed by atoms with van der Waals surface area (Å²) in [6.07, 6.45) is 2.98. The highest BCUT2D eigenvalue weighted by Crippen LogP contribution is 2.35. The number of ether oxygens (including phenoxy) is 2. The molecule has 8 nitrogen and oxygen atoms in total. The largest absolute Gasteiger partial charge is 0.490 e. The number of halogens is 1. The first-order valence-electron chi connectivity index (χ1n) is 9.03. The van der Waals surface area contributed by atoms with Crippen LogP contribution in [0.15, 0.2) is 30.6 Å². The lowest BCUT2D eigenvalue weighted by Crippen LogP contribution is -2.53. The molecule has 1 N–H and O–H groups in total. The number of aryl methyl sites for hydroxylation is 1. The zero-order valence-electron chi connectivity index (χ0n) is 15.6. The average Bonchev–Trinajstić information content (AvgIpc) is 3.10. The standard InChI is InChI=1S/C19H21FN4O4/c1-23-9-11(8-21-23)16-18(28-10-15(25)24(16)2)19(26)22-14-6-7-27-17-12(14)4-3-5-13(17)20/h3-5,8-9,14,16,18H,6-7,10H2,1-2H3,(H,22,26)/t14?,16-,18+/m0/s1. The molecule has 2 aromatic rings. The summed E-state index contributed by atoms with van der Waals surface area (Å²) in [6, 6.07) is 3.66. The van der Waals surface area contributed by atoms with Gasteiger partial charge in [-0.05, 0) is 6.07 Å². The summed E-state index contributed by atoms with van der Waals surface area (Å²) in [5.74, 6) is -0.865. The fourth-order valence-electron chi connectivity index (χ4n) is 3.71. The molecule has 9 heteroatoms. The Bertz CT molecular complexity index is 915. The Labute approximate surface area is 161 Å². The molecule has 0 spiro atoms. The predicted molar refractivity (Wildman–Crippen MR) is 95.9 cm³/mol. The Morgan fingerprint density at radius 2 is 2.18 bits per heavy atom. The van der Waals surface area contributed by atoms with Gasteiger partial charge < -0.3 is 19.7 Å². The molecule has 148 valence electrons. The lowest BCUT2D eigenvalue weighted by Gasteiger charge is -2.38. The van der Waals surface area contributed by atoms with E-state index in [2.05, 4.69) is 10.4 Å². The second kappa shape index (κ2) is 7.23. The van der Waals surface area contributed by atoms with Crippen LogP contribution >= 0.6 is 0 Å². The summed E-state index contributed by atoms with van der Waals surface area (Å²) in [5.41, 5.74) is 1.30. The zero-order valence-corrected chi connectivity index (χ0v) is 15.6. The fraction of sp³-hybridized carbons (Fsp3) is 0.421. The van der Waals surface area contributed by atoms with Crippen molar-refractivity contribution >= 4 is 11.8 Å². The van der Waals surface area contributed by atoms with E-state index >= 15 is 0 Å². The van der Waals surface area contributed by atoms with Crippen molar-refractivity contribution in [1.29, 1.82) is 0 Å². The molecule has 0 saturated carbocycles. The van der Waals surface area contributed by atoms with Gasteiger partial charge in [0.15, 0.2) is 17.7 Å². The second-order valence-corrected chi connectivity index (χ2v) is 6.98. The SMILES string of the molecule is CN1C(=O)CO[C@@H](C(=O)NC2CCOc3c(F)cccc32)[C@@H]1c1cnn(C)c1. The van der Waals surface area contributed by atoms with E-state index in [1.54, 1.807) is 43.3 Å². The van der Waals surface area contributed by atoms with Crippen LogP contribution in [0.4, 0.5) is 4.39 Å². The molecule has 4 rings (SSSR count). The Balaban J connectivity index is 1.59. The molecule has 28 heavy (non-hydrogen) atoms. The third-order valence-electron chi connectivity index (χ3n) is 5.15. The van der Waals surface area contributed by atoms with Crippen molar-refractivity contribution in [2.24, 2.45) is 7.05 Å². The third-order valence-corrected chi connectivity index (χ3v) is 5.15. The van der Waals surface area contributed by atoms with Gasteiger partial charge in [0.25, 0.3) is 5.91 Å². The van der Waals surface area contributed by atoms with Gasteiger partial charge in [-0.25, -0.2) is 4.39 Å². The molecule has 2 aliphatic rings.